The Morgan fingerprint density at radius 1 is 1.11 bits per heavy atom. The fourth-order valence-electron chi connectivity index (χ4n) is 3.05. The predicted molar refractivity (Wildman–Crippen MR) is 104 cm³/mol. The first-order chi connectivity index (χ1) is 13.7. The molecule has 7 nitrogen and oxygen atoms in total. The summed E-state index contributed by atoms with van der Waals surface area (Å²) in [5, 5.41) is 3.14. The van der Waals surface area contributed by atoms with Gasteiger partial charge in [0.15, 0.2) is 11.5 Å². The number of amides is 1. The summed E-state index contributed by atoms with van der Waals surface area (Å²) < 4.78 is 12.5. The molecule has 4 aromatic rings. The van der Waals surface area contributed by atoms with Crippen molar-refractivity contribution >= 4 is 34.2 Å². The maximum atomic E-state index is 12.5. The minimum atomic E-state index is -0.317. The van der Waals surface area contributed by atoms with Gasteiger partial charge in [-0.25, -0.2) is 9.97 Å². The van der Waals surface area contributed by atoms with Crippen LogP contribution in [0.3, 0.4) is 0 Å². The quantitative estimate of drug-likeness (QED) is 0.569. The van der Waals surface area contributed by atoms with Gasteiger partial charge in [-0.15, -0.1) is 0 Å². The number of aromatic nitrogens is 3. The molecule has 0 bridgehead atoms. The van der Waals surface area contributed by atoms with Gasteiger partial charge < -0.3 is 14.8 Å². The molecule has 1 amide bonds. The highest BCUT2D eigenvalue weighted by Gasteiger charge is 2.20. The van der Waals surface area contributed by atoms with E-state index in [0.717, 1.165) is 11.0 Å². The molecule has 0 saturated carbocycles. The lowest BCUT2D eigenvalue weighted by atomic mass is 10.2. The van der Waals surface area contributed by atoms with E-state index in [1.54, 1.807) is 30.7 Å². The Labute approximate surface area is 164 Å². The Bertz CT molecular complexity index is 1200. The highest BCUT2D eigenvalue weighted by Crippen LogP contribution is 2.39. The zero-order valence-electron chi connectivity index (χ0n) is 14.4. The molecule has 1 aliphatic heterocycles. The normalized spacial score (nSPS) is 12.3. The maximum Gasteiger partial charge on any atom is 0.255 e. The molecule has 0 aliphatic carbocycles. The van der Waals surface area contributed by atoms with E-state index in [1.807, 2.05) is 34.9 Å². The number of halogens is 1. The third-order valence-corrected chi connectivity index (χ3v) is 4.68. The van der Waals surface area contributed by atoms with Crippen molar-refractivity contribution in [3.63, 3.8) is 0 Å². The average molecular weight is 393 g/mol. The number of hydrogen-bond acceptors (Lipinski definition) is 5. The van der Waals surface area contributed by atoms with Gasteiger partial charge >= 0.3 is 0 Å². The smallest absolute Gasteiger partial charge is 0.255 e. The molecule has 0 fully saturated rings. The summed E-state index contributed by atoms with van der Waals surface area (Å²) in [6.45, 7) is 0.0917. The number of nitrogens with one attached hydrogen (secondary N) is 1. The number of pyridine rings is 1. The van der Waals surface area contributed by atoms with Crippen molar-refractivity contribution in [3.05, 3.63) is 71.6 Å². The summed E-state index contributed by atoms with van der Waals surface area (Å²) >= 11 is 6.14. The molecule has 2 aromatic heterocycles. The number of benzene rings is 2. The molecular formula is C20H13ClN4O3. The molecule has 1 N–H and O–H groups in total. The van der Waals surface area contributed by atoms with Crippen molar-refractivity contribution in [3.8, 4) is 17.3 Å². The molecule has 138 valence electrons. The van der Waals surface area contributed by atoms with Gasteiger partial charge in [0.05, 0.1) is 27.9 Å². The van der Waals surface area contributed by atoms with Gasteiger partial charge in [0.2, 0.25) is 6.79 Å². The highest BCUT2D eigenvalue weighted by molar-refractivity contribution is 6.32. The molecule has 1 aliphatic rings. The van der Waals surface area contributed by atoms with Gasteiger partial charge in [-0.1, -0.05) is 23.7 Å². The number of carbonyl (C=O) groups is 1. The summed E-state index contributed by atoms with van der Waals surface area (Å²) in [5.74, 6) is 1.30. The second kappa shape index (κ2) is 6.54. The Morgan fingerprint density at radius 3 is 2.86 bits per heavy atom. The first-order valence-electron chi connectivity index (χ1n) is 8.48. The first kappa shape index (κ1) is 16.6. The molecule has 8 heteroatoms. The molecule has 0 unspecified atom stereocenters. The summed E-state index contributed by atoms with van der Waals surface area (Å²) in [6, 6.07) is 14.5. The molecule has 2 aromatic carbocycles. The van der Waals surface area contributed by atoms with E-state index >= 15 is 0 Å². The van der Waals surface area contributed by atoms with Crippen LogP contribution in [-0.2, 0) is 0 Å². The van der Waals surface area contributed by atoms with Crippen LogP contribution in [0.15, 0.2) is 61.1 Å². The molecule has 3 heterocycles. The molecule has 5 rings (SSSR count). The number of anilines is 1. The minimum Gasteiger partial charge on any atom is -0.454 e. The maximum absolute atomic E-state index is 12.5. The number of ether oxygens (including phenoxy) is 2. The Kier molecular flexibility index (Phi) is 3.87. The Hall–Kier alpha value is -3.58. The van der Waals surface area contributed by atoms with E-state index in [4.69, 9.17) is 21.1 Å². The SMILES string of the molecule is O=C(Nc1ccc(-n2cnc3ccccc32)nc1)c1cc(Cl)c2c(c1)OCO2. The van der Waals surface area contributed by atoms with Gasteiger partial charge in [0.25, 0.3) is 5.91 Å². The van der Waals surface area contributed by atoms with Crippen molar-refractivity contribution in [1.82, 2.24) is 14.5 Å². The fraction of sp³-hybridized carbons (Fsp3) is 0.0500. The standard InChI is InChI=1S/C20H13ClN4O3/c21-14-7-12(8-17-19(14)28-11-27-17)20(26)24-13-5-6-18(22-9-13)25-10-23-15-3-1-2-4-16(15)25/h1-10H,11H2,(H,24,26). The third kappa shape index (κ3) is 2.82. The third-order valence-electron chi connectivity index (χ3n) is 4.40. The Morgan fingerprint density at radius 2 is 2.00 bits per heavy atom. The lowest BCUT2D eigenvalue weighted by Crippen LogP contribution is -2.12. The predicted octanol–water partition coefficient (Wildman–Crippen LogP) is 4.05. The largest absolute Gasteiger partial charge is 0.454 e. The average Bonchev–Trinajstić information content (AvgIpc) is 3.36. The van der Waals surface area contributed by atoms with Crippen LogP contribution in [-0.4, -0.2) is 27.2 Å². The van der Waals surface area contributed by atoms with Gasteiger partial charge in [0.1, 0.15) is 12.1 Å². The number of fused-ring (bicyclic) bond motifs is 2. The van der Waals surface area contributed by atoms with Crippen molar-refractivity contribution < 1.29 is 14.3 Å². The van der Waals surface area contributed by atoms with Crippen molar-refractivity contribution in [2.75, 3.05) is 12.1 Å². The van der Waals surface area contributed by atoms with Crippen LogP contribution in [0.4, 0.5) is 5.69 Å². The number of hydrogen-bond donors (Lipinski definition) is 1. The van der Waals surface area contributed by atoms with Crippen molar-refractivity contribution in [2.45, 2.75) is 0 Å². The first-order valence-corrected chi connectivity index (χ1v) is 8.86. The van der Waals surface area contributed by atoms with Crippen LogP contribution < -0.4 is 14.8 Å². The number of nitrogens with zero attached hydrogens (tertiary/aromatic N) is 3. The van der Waals surface area contributed by atoms with E-state index in [9.17, 15) is 4.79 Å². The molecule has 0 spiro atoms. The number of para-hydroxylation sites is 2. The van der Waals surface area contributed by atoms with E-state index in [-0.39, 0.29) is 12.7 Å². The summed E-state index contributed by atoms with van der Waals surface area (Å²) in [5.41, 5.74) is 2.79. The lowest BCUT2D eigenvalue weighted by Gasteiger charge is -2.08. The highest BCUT2D eigenvalue weighted by atomic mass is 35.5. The number of carbonyl (C=O) groups excluding carboxylic acids is 1. The molecule has 0 radical (unpaired) electrons. The summed E-state index contributed by atoms with van der Waals surface area (Å²) in [6.07, 6.45) is 3.32. The molecule has 0 atom stereocenters. The van der Waals surface area contributed by atoms with E-state index in [1.165, 1.54) is 0 Å². The molecular weight excluding hydrogens is 380 g/mol. The van der Waals surface area contributed by atoms with E-state index in [2.05, 4.69) is 15.3 Å². The van der Waals surface area contributed by atoms with Gasteiger partial charge in [-0.05, 0) is 36.4 Å². The second-order valence-electron chi connectivity index (χ2n) is 6.15. The number of rotatable bonds is 3. The van der Waals surface area contributed by atoms with Crippen LogP contribution in [0.1, 0.15) is 10.4 Å². The van der Waals surface area contributed by atoms with Gasteiger partial charge in [-0.2, -0.15) is 0 Å². The lowest BCUT2D eigenvalue weighted by molar-refractivity contribution is 0.102. The fourth-order valence-corrected chi connectivity index (χ4v) is 3.31. The zero-order valence-corrected chi connectivity index (χ0v) is 15.2. The van der Waals surface area contributed by atoms with E-state index in [0.29, 0.717) is 33.6 Å². The van der Waals surface area contributed by atoms with Crippen LogP contribution in [0.25, 0.3) is 16.9 Å². The second-order valence-corrected chi connectivity index (χ2v) is 6.56. The van der Waals surface area contributed by atoms with Crippen LogP contribution >= 0.6 is 11.6 Å². The van der Waals surface area contributed by atoms with Crippen LogP contribution in [0.2, 0.25) is 5.02 Å². The monoisotopic (exact) mass is 392 g/mol. The van der Waals surface area contributed by atoms with Crippen molar-refractivity contribution in [1.29, 1.82) is 0 Å². The van der Waals surface area contributed by atoms with Crippen molar-refractivity contribution in [2.24, 2.45) is 0 Å². The topological polar surface area (TPSA) is 78.3 Å². The molecule has 0 saturated heterocycles. The summed E-state index contributed by atoms with van der Waals surface area (Å²) in [4.78, 5) is 21.3. The van der Waals surface area contributed by atoms with Gasteiger partial charge in [0, 0.05) is 5.56 Å². The van der Waals surface area contributed by atoms with Crippen LogP contribution in [0.5, 0.6) is 11.5 Å². The molecule has 28 heavy (non-hydrogen) atoms. The minimum absolute atomic E-state index is 0.0917. The summed E-state index contributed by atoms with van der Waals surface area (Å²) in [7, 11) is 0. The Balaban J connectivity index is 1.38. The van der Waals surface area contributed by atoms with Crippen LogP contribution in [0, 0.1) is 0 Å². The van der Waals surface area contributed by atoms with E-state index < -0.39 is 0 Å². The van der Waals surface area contributed by atoms with Gasteiger partial charge in [-0.3, -0.25) is 9.36 Å². The zero-order chi connectivity index (χ0) is 19.1. The number of imidazole rings is 1.